The number of halogens is 4. The van der Waals surface area contributed by atoms with E-state index < -0.39 is 29.5 Å². The van der Waals surface area contributed by atoms with Crippen molar-refractivity contribution in [2.75, 3.05) is 5.88 Å². The molecule has 1 atom stereocenters. The van der Waals surface area contributed by atoms with Crippen molar-refractivity contribution in [2.24, 2.45) is 0 Å². The third-order valence-electron chi connectivity index (χ3n) is 4.95. The molecule has 1 aliphatic rings. The number of hydrazine groups is 1. The first-order valence-electron chi connectivity index (χ1n) is 9.74. The predicted octanol–water partition coefficient (Wildman–Crippen LogP) is 5.42. The number of piperidine rings is 1. The highest BCUT2D eigenvalue weighted by atomic mass is 35.5. The maximum atomic E-state index is 13.6. The lowest BCUT2D eigenvalue weighted by Crippen LogP contribution is -2.60. The van der Waals surface area contributed by atoms with Crippen molar-refractivity contribution >= 4 is 69.9 Å². The van der Waals surface area contributed by atoms with Crippen LogP contribution >= 0.6 is 46.4 Å². The molecule has 0 aliphatic carbocycles. The van der Waals surface area contributed by atoms with Gasteiger partial charge in [-0.25, -0.2) is 5.01 Å². The molecule has 2 aromatic carbocycles. The summed E-state index contributed by atoms with van der Waals surface area (Å²) in [7, 11) is 0. The summed E-state index contributed by atoms with van der Waals surface area (Å²) in [6.07, 6.45) is 0.486. The molecule has 0 N–H and O–H groups in total. The van der Waals surface area contributed by atoms with Crippen LogP contribution in [0.25, 0.3) is 0 Å². The van der Waals surface area contributed by atoms with Crippen LogP contribution in [0, 0.1) is 0 Å². The average Bonchev–Trinajstić information content (AvgIpc) is 2.75. The Bertz CT molecular complexity index is 1040. The minimum absolute atomic E-state index is 0.00164. The van der Waals surface area contributed by atoms with Crippen molar-refractivity contribution in [1.29, 1.82) is 0 Å². The van der Waals surface area contributed by atoms with Crippen molar-refractivity contribution in [3.63, 3.8) is 0 Å². The number of benzene rings is 2. The van der Waals surface area contributed by atoms with Crippen molar-refractivity contribution in [2.45, 2.75) is 31.7 Å². The second-order valence-corrected chi connectivity index (χ2v) is 8.75. The lowest BCUT2D eigenvalue weighted by Gasteiger charge is -2.39. The van der Waals surface area contributed by atoms with Gasteiger partial charge in [0.05, 0.1) is 10.6 Å². The number of carbonyl (C=O) groups is 4. The van der Waals surface area contributed by atoms with E-state index in [2.05, 4.69) is 0 Å². The third kappa shape index (κ3) is 5.26. The Morgan fingerprint density at radius 3 is 2.09 bits per heavy atom. The van der Waals surface area contributed by atoms with Gasteiger partial charge in [0.15, 0.2) is 5.78 Å². The molecule has 168 valence electrons. The van der Waals surface area contributed by atoms with E-state index >= 15 is 0 Å². The van der Waals surface area contributed by atoms with Crippen LogP contribution in [0.3, 0.4) is 0 Å². The van der Waals surface area contributed by atoms with E-state index in [4.69, 9.17) is 46.4 Å². The van der Waals surface area contributed by atoms with Crippen LogP contribution in [0.2, 0.25) is 15.1 Å². The molecule has 0 bridgehead atoms. The SMILES string of the molecule is O=C(c1ccc(Cl)cc1)[C@@H](CCCl)N(C(=O)c1ccc(Cl)cc1Cl)N1C(=O)CCCC1=O. The number of carbonyl (C=O) groups excluding carboxylic acids is 4. The standard InChI is InChI=1S/C22H18Cl4N2O4/c23-11-10-18(21(31)13-4-6-14(24)7-5-13)27(28-19(29)2-1-3-20(28)30)22(32)16-9-8-15(25)12-17(16)26/h4-9,12,18H,1-3,10-11H2/t18-/m1/s1. The summed E-state index contributed by atoms with van der Waals surface area (Å²) in [5.74, 6) is -2.44. The van der Waals surface area contributed by atoms with Gasteiger partial charge in [0.1, 0.15) is 6.04 Å². The fraction of sp³-hybridized carbons (Fsp3) is 0.273. The second-order valence-electron chi connectivity index (χ2n) is 7.09. The van der Waals surface area contributed by atoms with Crippen LogP contribution in [0.15, 0.2) is 42.5 Å². The molecule has 2 aromatic rings. The summed E-state index contributed by atoms with van der Waals surface area (Å²) in [4.78, 5) is 52.5. The monoisotopic (exact) mass is 514 g/mol. The van der Waals surface area contributed by atoms with Gasteiger partial charge in [-0.3, -0.25) is 19.2 Å². The second kappa shape index (κ2) is 10.7. The molecule has 0 saturated carbocycles. The molecule has 3 amide bonds. The van der Waals surface area contributed by atoms with Gasteiger partial charge in [-0.05, 0) is 55.3 Å². The van der Waals surface area contributed by atoms with Crippen LogP contribution in [0.4, 0.5) is 0 Å². The summed E-state index contributed by atoms with van der Waals surface area (Å²) in [6, 6.07) is 9.05. The van der Waals surface area contributed by atoms with Crippen molar-refractivity contribution < 1.29 is 19.2 Å². The van der Waals surface area contributed by atoms with E-state index in [9.17, 15) is 19.2 Å². The molecular weight excluding hydrogens is 498 g/mol. The average molecular weight is 516 g/mol. The number of rotatable bonds is 7. The molecule has 1 heterocycles. The van der Waals surface area contributed by atoms with Crippen molar-refractivity contribution in [1.82, 2.24) is 10.0 Å². The van der Waals surface area contributed by atoms with Gasteiger partial charge in [-0.1, -0.05) is 34.8 Å². The Hall–Kier alpha value is -2.12. The van der Waals surface area contributed by atoms with Gasteiger partial charge in [0, 0.05) is 34.3 Å². The van der Waals surface area contributed by atoms with E-state index in [0.717, 1.165) is 10.0 Å². The minimum Gasteiger partial charge on any atom is -0.292 e. The summed E-state index contributed by atoms with van der Waals surface area (Å²) in [6.45, 7) is 0. The summed E-state index contributed by atoms with van der Waals surface area (Å²) < 4.78 is 0. The van der Waals surface area contributed by atoms with E-state index in [-0.39, 0.29) is 41.3 Å². The smallest absolute Gasteiger partial charge is 0.275 e. The van der Waals surface area contributed by atoms with Crippen LogP contribution in [-0.4, -0.2) is 45.4 Å². The number of alkyl halides is 1. The highest BCUT2D eigenvalue weighted by molar-refractivity contribution is 6.36. The van der Waals surface area contributed by atoms with Gasteiger partial charge in [-0.15, -0.1) is 11.6 Å². The zero-order valence-corrected chi connectivity index (χ0v) is 19.7. The molecule has 1 fully saturated rings. The summed E-state index contributed by atoms with van der Waals surface area (Å²) >= 11 is 24.1. The van der Waals surface area contributed by atoms with Crippen molar-refractivity contribution in [3.05, 3.63) is 68.7 Å². The van der Waals surface area contributed by atoms with E-state index in [1.165, 1.54) is 42.5 Å². The quantitative estimate of drug-likeness (QED) is 0.280. The zero-order valence-electron chi connectivity index (χ0n) is 16.7. The third-order valence-corrected chi connectivity index (χ3v) is 5.97. The van der Waals surface area contributed by atoms with Crippen LogP contribution < -0.4 is 0 Å². The number of ketones is 1. The highest BCUT2D eigenvalue weighted by Gasteiger charge is 2.42. The topological polar surface area (TPSA) is 74.8 Å². The Kier molecular flexibility index (Phi) is 8.17. The number of nitrogens with zero attached hydrogens (tertiary/aromatic N) is 2. The molecule has 1 saturated heterocycles. The van der Waals surface area contributed by atoms with Gasteiger partial charge < -0.3 is 0 Å². The van der Waals surface area contributed by atoms with Crippen LogP contribution in [0.5, 0.6) is 0 Å². The largest absolute Gasteiger partial charge is 0.292 e. The molecule has 3 rings (SSSR count). The molecule has 6 nitrogen and oxygen atoms in total. The molecule has 0 spiro atoms. The normalized spacial score (nSPS) is 14.9. The number of amides is 3. The zero-order chi connectivity index (χ0) is 23.4. The fourth-order valence-electron chi connectivity index (χ4n) is 3.41. The maximum Gasteiger partial charge on any atom is 0.275 e. The summed E-state index contributed by atoms with van der Waals surface area (Å²) in [5.41, 5.74) is 0.243. The highest BCUT2D eigenvalue weighted by Crippen LogP contribution is 2.28. The maximum absolute atomic E-state index is 13.6. The molecule has 1 aliphatic heterocycles. The Labute approximate surface area is 204 Å². The molecule has 0 unspecified atom stereocenters. The molecule has 0 radical (unpaired) electrons. The summed E-state index contributed by atoms with van der Waals surface area (Å²) in [5, 5.41) is 2.39. The van der Waals surface area contributed by atoms with Crippen molar-refractivity contribution in [3.8, 4) is 0 Å². The fourth-order valence-corrected chi connectivity index (χ4v) is 4.24. The molecular formula is C22H18Cl4N2O4. The number of hydrogen-bond acceptors (Lipinski definition) is 4. The predicted molar refractivity (Wildman–Crippen MR) is 123 cm³/mol. The lowest BCUT2D eigenvalue weighted by molar-refractivity contribution is -0.165. The first kappa shape index (κ1) is 24.5. The number of imide groups is 1. The Balaban J connectivity index is 2.12. The first-order chi connectivity index (χ1) is 15.2. The van der Waals surface area contributed by atoms with Gasteiger partial charge >= 0.3 is 0 Å². The van der Waals surface area contributed by atoms with Crippen LogP contribution in [0.1, 0.15) is 46.4 Å². The van der Waals surface area contributed by atoms with Gasteiger partial charge in [-0.2, -0.15) is 5.01 Å². The lowest BCUT2D eigenvalue weighted by atomic mass is 10.00. The Morgan fingerprint density at radius 1 is 0.938 bits per heavy atom. The van der Waals surface area contributed by atoms with Gasteiger partial charge in [0.25, 0.3) is 5.91 Å². The van der Waals surface area contributed by atoms with Gasteiger partial charge in [0.2, 0.25) is 11.8 Å². The molecule has 0 aromatic heterocycles. The minimum atomic E-state index is -1.22. The van der Waals surface area contributed by atoms with E-state index in [1.807, 2.05) is 0 Å². The number of hydrogen-bond donors (Lipinski definition) is 0. The van der Waals surface area contributed by atoms with E-state index in [1.54, 1.807) is 0 Å². The molecule has 32 heavy (non-hydrogen) atoms. The Morgan fingerprint density at radius 2 is 1.53 bits per heavy atom. The van der Waals surface area contributed by atoms with Crippen LogP contribution in [-0.2, 0) is 9.59 Å². The van der Waals surface area contributed by atoms with E-state index in [0.29, 0.717) is 16.5 Å². The first-order valence-corrected chi connectivity index (χ1v) is 11.4. The molecule has 10 heteroatoms. The number of Topliss-reactive ketones (excluding diaryl/α,β-unsaturated/α-hetero) is 1.